The Hall–Kier alpha value is -4.64. The second-order valence-corrected chi connectivity index (χ2v) is 13.5. The summed E-state index contributed by atoms with van der Waals surface area (Å²) in [7, 11) is -3.63. The molecule has 0 aliphatic carbocycles. The Labute approximate surface area is 274 Å². The van der Waals surface area contributed by atoms with Crippen LogP contribution in [-0.2, 0) is 39.2 Å². The second kappa shape index (κ2) is 13.6. The summed E-state index contributed by atoms with van der Waals surface area (Å²) < 4.78 is 43.6. The summed E-state index contributed by atoms with van der Waals surface area (Å²) in [5.74, 6) is 0. The lowest BCUT2D eigenvalue weighted by atomic mass is 9.98. The lowest BCUT2D eigenvalue weighted by Crippen LogP contribution is -2.32. The fourth-order valence-corrected chi connectivity index (χ4v) is 7.03. The highest BCUT2D eigenvalue weighted by Crippen LogP contribution is 2.39. The van der Waals surface area contributed by atoms with Crippen molar-refractivity contribution in [1.82, 2.24) is 14.3 Å². The predicted molar refractivity (Wildman–Crippen MR) is 181 cm³/mol. The molecule has 1 aliphatic heterocycles. The minimum atomic E-state index is -3.63. The molecule has 0 unspecified atom stereocenters. The van der Waals surface area contributed by atoms with Gasteiger partial charge in [0.2, 0.25) is 10.0 Å². The van der Waals surface area contributed by atoms with Gasteiger partial charge >= 0.3 is 0 Å². The number of para-hydroxylation sites is 2. The molecular weight excluding hydrogens is 611 g/mol. The van der Waals surface area contributed by atoms with Gasteiger partial charge in [0.15, 0.2) is 6.29 Å². The quantitative estimate of drug-likeness (QED) is 0.168. The van der Waals surface area contributed by atoms with Gasteiger partial charge in [-0.15, -0.1) is 0 Å². The average Bonchev–Trinajstić information content (AvgIpc) is 3.53. The first-order valence-corrected chi connectivity index (χ1v) is 17.1. The van der Waals surface area contributed by atoms with Gasteiger partial charge in [0.25, 0.3) is 0 Å². The summed E-state index contributed by atoms with van der Waals surface area (Å²) in [4.78, 5) is 4.80. The summed E-state index contributed by atoms with van der Waals surface area (Å²) in [6.07, 6.45) is 1.52. The van der Waals surface area contributed by atoms with Crippen LogP contribution in [0.5, 0.6) is 0 Å². The van der Waals surface area contributed by atoms with Gasteiger partial charge in [0, 0.05) is 18.5 Å². The van der Waals surface area contributed by atoms with E-state index in [9.17, 15) is 13.5 Å². The Kier molecular flexibility index (Phi) is 8.97. The van der Waals surface area contributed by atoms with E-state index in [0.29, 0.717) is 13.0 Å². The molecule has 238 valence electrons. The number of aromatic nitrogens is 2. The van der Waals surface area contributed by atoms with E-state index in [4.69, 9.17) is 9.47 Å². The Morgan fingerprint density at radius 1 is 0.766 bits per heavy atom. The number of fused-ring (bicyclic) bond motifs is 1. The van der Waals surface area contributed by atoms with Gasteiger partial charge < -0.3 is 19.1 Å². The molecule has 47 heavy (non-hydrogen) atoms. The van der Waals surface area contributed by atoms with E-state index >= 15 is 0 Å². The second-order valence-electron chi connectivity index (χ2n) is 11.7. The largest absolute Gasteiger partial charge is 0.392 e. The number of nitrogens with zero attached hydrogens (tertiary/aromatic N) is 2. The van der Waals surface area contributed by atoms with Gasteiger partial charge in [-0.3, -0.25) is 0 Å². The van der Waals surface area contributed by atoms with E-state index < -0.39 is 16.3 Å². The fourth-order valence-electron chi connectivity index (χ4n) is 6.00. The number of imidazole rings is 1. The molecule has 3 atom stereocenters. The maximum atomic E-state index is 12.8. The monoisotopic (exact) mass is 645 g/mol. The van der Waals surface area contributed by atoms with E-state index in [1.165, 1.54) is 0 Å². The number of aliphatic hydroxyl groups is 1. The average molecular weight is 646 g/mol. The number of aliphatic hydroxyl groups excluding tert-OH is 1. The van der Waals surface area contributed by atoms with Crippen molar-refractivity contribution in [2.75, 3.05) is 0 Å². The summed E-state index contributed by atoms with van der Waals surface area (Å²) in [5.41, 5.74) is 7.52. The molecule has 0 amide bonds. The minimum Gasteiger partial charge on any atom is -0.392 e. The van der Waals surface area contributed by atoms with Gasteiger partial charge in [-0.05, 0) is 64.2 Å². The number of benzene rings is 5. The molecular formula is C38H35N3O5S. The number of ether oxygens (including phenoxy) is 2. The summed E-state index contributed by atoms with van der Waals surface area (Å²) in [5, 5.41) is 9.56. The zero-order valence-corrected chi connectivity index (χ0v) is 26.5. The van der Waals surface area contributed by atoms with Crippen LogP contribution in [0.1, 0.15) is 41.1 Å². The summed E-state index contributed by atoms with van der Waals surface area (Å²) in [6, 6.07) is 40.2. The molecule has 1 aromatic heterocycles. The number of hydrogen-bond acceptors (Lipinski definition) is 6. The highest BCUT2D eigenvalue weighted by Gasteiger charge is 2.33. The Morgan fingerprint density at radius 3 is 2.32 bits per heavy atom. The first-order chi connectivity index (χ1) is 22.9. The topological polar surface area (TPSA) is 103 Å². The van der Waals surface area contributed by atoms with E-state index in [-0.39, 0.29) is 30.3 Å². The molecule has 9 heteroatoms. The molecule has 0 saturated carbocycles. The first kappa shape index (κ1) is 31.0. The van der Waals surface area contributed by atoms with Crippen LogP contribution in [0.2, 0.25) is 0 Å². The molecule has 1 saturated heterocycles. The van der Waals surface area contributed by atoms with Gasteiger partial charge in [-0.25, -0.2) is 18.1 Å². The molecule has 2 heterocycles. The maximum absolute atomic E-state index is 12.8. The molecule has 5 aromatic carbocycles. The molecule has 0 spiro atoms. The molecule has 2 N–H and O–H groups in total. The smallest absolute Gasteiger partial charge is 0.240 e. The Balaban J connectivity index is 1.13. The van der Waals surface area contributed by atoms with Crippen LogP contribution >= 0.6 is 0 Å². The van der Waals surface area contributed by atoms with Gasteiger partial charge in [0.1, 0.15) is 0 Å². The third-order valence-electron chi connectivity index (χ3n) is 8.48. The lowest BCUT2D eigenvalue weighted by Gasteiger charge is -2.36. The maximum Gasteiger partial charge on any atom is 0.240 e. The van der Waals surface area contributed by atoms with Gasteiger partial charge in [-0.2, -0.15) is 0 Å². The molecule has 0 radical (unpaired) electrons. The lowest BCUT2D eigenvalue weighted by molar-refractivity contribution is -0.252. The molecule has 7 rings (SSSR count). The van der Waals surface area contributed by atoms with Crippen molar-refractivity contribution in [2.45, 2.75) is 49.5 Å². The predicted octanol–water partition coefficient (Wildman–Crippen LogP) is 6.92. The van der Waals surface area contributed by atoms with Gasteiger partial charge in [0.05, 0.1) is 47.6 Å². The van der Waals surface area contributed by atoms with Crippen molar-refractivity contribution in [1.29, 1.82) is 0 Å². The fraction of sp³-hybridized carbons (Fsp3) is 0.184. The third-order valence-corrected chi connectivity index (χ3v) is 9.90. The van der Waals surface area contributed by atoms with Crippen molar-refractivity contribution in [2.24, 2.45) is 0 Å². The highest BCUT2D eigenvalue weighted by molar-refractivity contribution is 7.89. The first-order valence-electron chi connectivity index (χ1n) is 15.6. The summed E-state index contributed by atoms with van der Waals surface area (Å²) >= 11 is 0. The van der Waals surface area contributed by atoms with Crippen molar-refractivity contribution in [3.63, 3.8) is 0 Å². The molecule has 8 nitrogen and oxygen atoms in total. The van der Waals surface area contributed by atoms with E-state index in [2.05, 4.69) is 26.4 Å². The summed E-state index contributed by atoms with van der Waals surface area (Å²) in [6.45, 7) is 0.772. The van der Waals surface area contributed by atoms with Crippen molar-refractivity contribution in [3.05, 3.63) is 156 Å². The number of nitrogens with one attached hydrogen (secondary N) is 1. The van der Waals surface area contributed by atoms with Crippen molar-refractivity contribution < 1.29 is 23.0 Å². The Bertz CT molecular complexity index is 2080. The minimum absolute atomic E-state index is 0.0131. The number of hydrogen-bond donors (Lipinski definition) is 2. The zero-order valence-electron chi connectivity index (χ0n) is 25.6. The van der Waals surface area contributed by atoms with Crippen LogP contribution in [-0.4, -0.2) is 29.2 Å². The van der Waals surface area contributed by atoms with Crippen LogP contribution < -0.4 is 4.72 Å². The molecule has 0 bridgehead atoms. The standard InChI is InChI=1S/C38H35N3O5S/c42-25-27-16-18-29(19-17-27)37-22-33(24-41-26-39-35-14-4-5-15-36(35)41)45-38(46-37)32-11-7-10-31(21-32)30-9-6-8-28(20-30)23-40-47(43,44)34-12-2-1-3-13-34/h1-21,26,33,37-38,40,42H,22-25H2/t33-,37+,38+/m1/s1. The van der Waals surface area contributed by atoms with Crippen LogP contribution in [0.3, 0.4) is 0 Å². The number of rotatable bonds is 10. The van der Waals surface area contributed by atoms with E-state index in [1.807, 2.05) is 91.3 Å². The third kappa shape index (κ3) is 7.05. The van der Waals surface area contributed by atoms with Crippen molar-refractivity contribution in [3.8, 4) is 11.1 Å². The van der Waals surface area contributed by atoms with Crippen molar-refractivity contribution >= 4 is 21.1 Å². The van der Waals surface area contributed by atoms with Crippen LogP contribution in [0.4, 0.5) is 0 Å². The van der Waals surface area contributed by atoms with E-state index in [0.717, 1.165) is 44.4 Å². The van der Waals surface area contributed by atoms with Gasteiger partial charge in [-0.1, -0.05) is 91.0 Å². The van der Waals surface area contributed by atoms with Crippen LogP contribution in [0.25, 0.3) is 22.2 Å². The number of sulfonamides is 1. The van der Waals surface area contributed by atoms with Crippen LogP contribution in [0.15, 0.2) is 139 Å². The Morgan fingerprint density at radius 2 is 1.51 bits per heavy atom. The SMILES string of the molecule is O=S(=O)(NCc1cccc(-c2cccc([C@H]3O[C@@H](Cn4cnc5ccccc54)C[C@@H](c4ccc(CO)cc4)O3)c2)c1)c1ccccc1. The highest BCUT2D eigenvalue weighted by atomic mass is 32.2. The normalized spacial score (nSPS) is 18.4. The molecule has 6 aromatic rings. The zero-order chi connectivity index (χ0) is 32.2. The molecule has 1 aliphatic rings. The van der Waals surface area contributed by atoms with E-state index in [1.54, 1.807) is 30.3 Å². The molecule has 1 fully saturated rings. The van der Waals surface area contributed by atoms with Crippen LogP contribution in [0, 0.1) is 0 Å².